The zero-order chi connectivity index (χ0) is 22.3. The third-order valence-corrected chi connectivity index (χ3v) is 6.84. The number of aliphatic imine (C=N–C) groups is 1. The first kappa shape index (κ1) is 25.6. The Kier molecular flexibility index (Phi) is 9.64. The van der Waals surface area contributed by atoms with Crippen LogP contribution >= 0.6 is 24.0 Å². The molecule has 2 aliphatic rings. The number of rotatable bonds is 10. The van der Waals surface area contributed by atoms with E-state index in [4.69, 9.17) is 14.5 Å². The Balaban J connectivity index is 0.00000306. The maximum absolute atomic E-state index is 5.43. The minimum absolute atomic E-state index is 0. The van der Waals surface area contributed by atoms with Gasteiger partial charge in [0.05, 0.1) is 14.2 Å². The van der Waals surface area contributed by atoms with E-state index in [1.54, 1.807) is 20.5 Å². The highest BCUT2D eigenvalue weighted by Crippen LogP contribution is 2.44. The molecule has 0 aliphatic heterocycles. The van der Waals surface area contributed by atoms with Crippen molar-refractivity contribution < 1.29 is 9.47 Å². The van der Waals surface area contributed by atoms with Crippen molar-refractivity contribution in [2.45, 2.75) is 58.0 Å². The quantitative estimate of drug-likeness (QED) is 0.260. The predicted octanol–water partition coefficient (Wildman–Crippen LogP) is 3.44. The van der Waals surface area contributed by atoms with E-state index in [-0.39, 0.29) is 24.0 Å². The molecule has 1 heterocycles. The first-order chi connectivity index (χ1) is 15.7. The highest BCUT2D eigenvalue weighted by molar-refractivity contribution is 14.0. The minimum Gasteiger partial charge on any atom is -0.493 e. The Morgan fingerprint density at radius 2 is 2.03 bits per heavy atom. The average molecular weight is 569 g/mol. The van der Waals surface area contributed by atoms with Crippen molar-refractivity contribution in [3.8, 4) is 11.5 Å². The van der Waals surface area contributed by atoms with Crippen LogP contribution in [0, 0.1) is 11.8 Å². The molecule has 33 heavy (non-hydrogen) atoms. The summed E-state index contributed by atoms with van der Waals surface area (Å²) in [7, 11) is 3.32. The number of fused-ring (bicyclic) bond motifs is 2. The molecule has 8 nitrogen and oxygen atoms in total. The maximum atomic E-state index is 5.43. The number of guanidine groups is 1. The second kappa shape index (κ2) is 12.4. The zero-order valence-electron chi connectivity index (χ0n) is 19.9. The number of halogens is 1. The van der Waals surface area contributed by atoms with Gasteiger partial charge in [0, 0.05) is 32.1 Å². The van der Waals surface area contributed by atoms with Gasteiger partial charge in [-0.1, -0.05) is 19.4 Å². The van der Waals surface area contributed by atoms with Crippen molar-refractivity contribution >= 4 is 29.9 Å². The first-order valence-corrected chi connectivity index (χ1v) is 11.8. The van der Waals surface area contributed by atoms with E-state index < -0.39 is 0 Å². The number of nitrogens with zero attached hydrogens (tertiary/aromatic N) is 4. The van der Waals surface area contributed by atoms with Gasteiger partial charge in [-0.2, -0.15) is 0 Å². The van der Waals surface area contributed by atoms with Crippen LogP contribution in [0.25, 0.3) is 0 Å². The third kappa shape index (κ3) is 6.51. The predicted molar refractivity (Wildman–Crippen MR) is 141 cm³/mol. The van der Waals surface area contributed by atoms with E-state index in [0.29, 0.717) is 12.6 Å². The number of benzene rings is 1. The zero-order valence-corrected chi connectivity index (χ0v) is 22.2. The lowest BCUT2D eigenvalue weighted by Crippen LogP contribution is -2.46. The van der Waals surface area contributed by atoms with Gasteiger partial charge in [-0.25, -0.2) is 0 Å². The van der Waals surface area contributed by atoms with Crippen molar-refractivity contribution in [2.75, 3.05) is 27.3 Å². The summed E-state index contributed by atoms with van der Waals surface area (Å²) in [5.41, 5.74) is 1.18. The number of hydrogen-bond donors (Lipinski definition) is 2. The monoisotopic (exact) mass is 568 g/mol. The second-order valence-corrected chi connectivity index (χ2v) is 8.82. The highest BCUT2D eigenvalue weighted by Gasteiger charge is 2.39. The van der Waals surface area contributed by atoms with Gasteiger partial charge in [-0.15, -0.1) is 34.2 Å². The molecule has 0 saturated heterocycles. The van der Waals surface area contributed by atoms with Crippen LogP contribution in [-0.2, 0) is 19.4 Å². The summed E-state index contributed by atoms with van der Waals surface area (Å²) in [6, 6.07) is 6.60. The topological polar surface area (TPSA) is 85.6 Å². The van der Waals surface area contributed by atoms with Crippen LogP contribution in [0.3, 0.4) is 0 Å². The molecule has 2 aliphatic carbocycles. The van der Waals surface area contributed by atoms with Crippen LogP contribution in [0.1, 0.15) is 44.0 Å². The first-order valence-electron chi connectivity index (χ1n) is 11.8. The SMILES string of the molecule is CCc1nncn1CCNC(=NCCc1ccc(OC)c(OC)c1)NC1CC2CCC1C2.I. The summed E-state index contributed by atoms with van der Waals surface area (Å²) in [5, 5.41) is 15.5. The fraction of sp³-hybridized carbons (Fsp3) is 0.625. The van der Waals surface area contributed by atoms with E-state index in [0.717, 1.165) is 61.0 Å². The van der Waals surface area contributed by atoms with E-state index in [1.165, 1.54) is 31.2 Å². The molecule has 2 bridgehead atoms. The molecule has 1 aromatic carbocycles. The highest BCUT2D eigenvalue weighted by atomic mass is 127. The summed E-state index contributed by atoms with van der Waals surface area (Å²) in [6.45, 7) is 4.42. The number of aryl methyl sites for hydroxylation is 1. The Hall–Kier alpha value is -2.04. The Labute approximate surface area is 214 Å². The fourth-order valence-electron chi connectivity index (χ4n) is 5.12. The molecule has 3 atom stereocenters. The maximum Gasteiger partial charge on any atom is 0.191 e. The molecule has 2 N–H and O–H groups in total. The molecule has 0 radical (unpaired) electrons. The van der Waals surface area contributed by atoms with E-state index in [2.05, 4.69) is 38.4 Å². The molecule has 2 fully saturated rings. The van der Waals surface area contributed by atoms with E-state index in [1.807, 2.05) is 12.1 Å². The van der Waals surface area contributed by atoms with E-state index >= 15 is 0 Å². The van der Waals surface area contributed by atoms with Crippen LogP contribution in [0.2, 0.25) is 0 Å². The molecule has 9 heteroatoms. The van der Waals surface area contributed by atoms with Crippen LogP contribution < -0.4 is 20.1 Å². The summed E-state index contributed by atoms with van der Waals surface area (Å²) >= 11 is 0. The number of hydrogen-bond acceptors (Lipinski definition) is 5. The molecule has 2 saturated carbocycles. The number of aromatic nitrogens is 3. The second-order valence-electron chi connectivity index (χ2n) is 8.82. The molecule has 4 rings (SSSR count). The van der Waals surface area contributed by atoms with Crippen molar-refractivity contribution in [3.63, 3.8) is 0 Å². The normalized spacial score (nSPS) is 21.5. The van der Waals surface area contributed by atoms with Crippen molar-refractivity contribution in [2.24, 2.45) is 16.8 Å². The Bertz CT molecular complexity index is 918. The third-order valence-electron chi connectivity index (χ3n) is 6.84. The molecular weight excluding hydrogens is 531 g/mol. The number of ether oxygens (including phenoxy) is 2. The largest absolute Gasteiger partial charge is 0.493 e. The van der Waals surface area contributed by atoms with Gasteiger partial charge in [-0.05, 0) is 55.2 Å². The molecule has 2 aromatic rings. The molecule has 1 aromatic heterocycles. The number of nitrogens with one attached hydrogen (secondary N) is 2. The van der Waals surface area contributed by atoms with Crippen molar-refractivity contribution in [3.05, 3.63) is 35.9 Å². The lowest BCUT2D eigenvalue weighted by molar-refractivity contribution is 0.354. The van der Waals surface area contributed by atoms with Crippen LogP contribution in [0.5, 0.6) is 11.5 Å². The Morgan fingerprint density at radius 3 is 2.73 bits per heavy atom. The van der Waals surface area contributed by atoms with Gasteiger partial charge in [0.15, 0.2) is 17.5 Å². The molecule has 0 amide bonds. The minimum atomic E-state index is 0. The standard InChI is InChI=1S/C24H36N6O2.HI/c1-4-23-29-27-16-30(23)12-11-26-24(28-20-14-18-5-7-19(20)13-18)25-10-9-17-6-8-21(31-2)22(15-17)32-3;/h6,8,15-16,18-20H,4-5,7,9-14H2,1-3H3,(H2,25,26,28);1H. The smallest absolute Gasteiger partial charge is 0.191 e. The van der Waals surface area contributed by atoms with Crippen molar-refractivity contribution in [1.82, 2.24) is 25.4 Å². The lowest BCUT2D eigenvalue weighted by Gasteiger charge is -2.25. The van der Waals surface area contributed by atoms with Gasteiger partial charge in [0.2, 0.25) is 0 Å². The number of methoxy groups -OCH3 is 2. The van der Waals surface area contributed by atoms with Crippen molar-refractivity contribution in [1.29, 1.82) is 0 Å². The Morgan fingerprint density at radius 1 is 1.18 bits per heavy atom. The summed E-state index contributed by atoms with van der Waals surface area (Å²) in [6.07, 6.45) is 8.92. The van der Waals surface area contributed by atoms with Gasteiger partial charge in [-0.3, -0.25) is 4.99 Å². The van der Waals surface area contributed by atoms with Crippen LogP contribution in [0.15, 0.2) is 29.5 Å². The van der Waals surface area contributed by atoms with Gasteiger partial charge in [0.25, 0.3) is 0 Å². The van der Waals surface area contributed by atoms with Gasteiger partial charge < -0.3 is 24.7 Å². The molecule has 182 valence electrons. The summed E-state index contributed by atoms with van der Waals surface area (Å²) < 4.78 is 12.9. The lowest BCUT2D eigenvalue weighted by atomic mass is 9.95. The van der Waals surface area contributed by atoms with Gasteiger partial charge in [0.1, 0.15) is 12.2 Å². The fourth-order valence-corrected chi connectivity index (χ4v) is 5.12. The van der Waals surface area contributed by atoms with Gasteiger partial charge >= 0.3 is 0 Å². The molecular formula is C24H37IN6O2. The molecule has 3 unspecified atom stereocenters. The summed E-state index contributed by atoms with van der Waals surface area (Å²) in [5.74, 6) is 5.12. The van der Waals surface area contributed by atoms with E-state index in [9.17, 15) is 0 Å². The van der Waals surface area contributed by atoms with Crippen LogP contribution in [0.4, 0.5) is 0 Å². The van der Waals surface area contributed by atoms with Crippen LogP contribution in [-0.4, -0.2) is 54.1 Å². The molecule has 0 spiro atoms. The summed E-state index contributed by atoms with van der Waals surface area (Å²) in [4.78, 5) is 4.91. The average Bonchev–Trinajstić information content (AvgIpc) is 3.56.